The fourth-order valence-electron chi connectivity index (χ4n) is 5.30. The molecule has 0 amide bonds. The Bertz CT molecular complexity index is 1110. The van der Waals surface area contributed by atoms with Gasteiger partial charge in [0.2, 0.25) is 5.43 Å². The van der Waals surface area contributed by atoms with Gasteiger partial charge < -0.3 is 19.9 Å². The second kappa shape index (κ2) is 6.05. The molecular formula is C22H26FN3O3. The van der Waals surface area contributed by atoms with Crippen LogP contribution in [0.1, 0.15) is 53.2 Å². The molecule has 2 aliphatic carbocycles. The number of aromatic nitrogens is 1. The lowest BCUT2D eigenvalue weighted by Crippen LogP contribution is -2.34. The van der Waals surface area contributed by atoms with Gasteiger partial charge in [-0.1, -0.05) is 0 Å². The Kier molecular flexibility index (Phi) is 3.88. The van der Waals surface area contributed by atoms with Gasteiger partial charge in [-0.15, -0.1) is 0 Å². The Morgan fingerprint density at radius 2 is 1.97 bits per heavy atom. The summed E-state index contributed by atoms with van der Waals surface area (Å²) < 4.78 is 17.6. The predicted octanol–water partition coefficient (Wildman–Crippen LogP) is 2.98. The van der Waals surface area contributed by atoms with Crippen molar-refractivity contribution in [2.75, 3.05) is 25.0 Å². The molecule has 3 fully saturated rings. The van der Waals surface area contributed by atoms with Crippen molar-refractivity contribution < 1.29 is 14.3 Å². The van der Waals surface area contributed by atoms with Gasteiger partial charge in [0.25, 0.3) is 0 Å². The van der Waals surface area contributed by atoms with E-state index in [1.807, 2.05) is 18.5 Å². The maximum atomic E-state index is 15.7. The summed E-state index contributed by atoms with van der Waals surface area (Å²) in [6.45, 7) is 5.01. The summed E-state index contributed by atoms with van der Waals surface area (Å²) in [6, 6.07) is 0.503. The van der Waals surface area contributed by atoms with Crippen LogP contribution in [0.4, 0.5) is 10.1 Å². The number of halogens is 1. The van der Waals surface area contributed by atoms with E-state index in [4.69, 9.17) is 0 Å². The van der Waals surface area contributed by atoms with Crippen LogP contribution in [0, 0.1) is 25.1 Å². The maximum absolute atomic E-state index is 15.7. The molecule has 7 heteroatoms. The van der Waals surface area contributed by atoms with E-state index < -0.39 is 17.2 Å². The minimum atomic E-state index is -1.26. The summed E-state index contributed by atoms with van der Waals surface area (Å²) >= 11 is 0. The summed E-state index contributed by atoms with van der Waals surface area (Å²) in [6.07, 6.45) is 5.64. The molecule has 1 spiro atoms. The normalized spacial score (nSPS) is 22.6. The van der Waals surface area contributed by atoms with Crippen molar-refractivity contribution in [3.05, 3.63) is 38.9 Å². The van der Waals surface area contributed by atoms with E-state index in [-0.39, 0.29) is 28.0 Å². The van der Waals surface area contributed by atoms with Gasteiger partial charge in [0.15, 0.2) is 5.82 Å². The highest BCUT2D eigenvalue weighted by Crippen LogP contribution is 2.54. The highest BCUT2D eigenvalue weighted by atomic mass is 19.1. The number of aryl methyl sites for hydroxylation is 2. The van der Waals surface area contributed by atoms with Crippen LogP contribution in [-0.4, -0.2) is 41.8 Å². The molecule has 5 rings (SSSR count). The van der Waals surface area contributed by atoms with Crippen molar-refractivity contribution in [2.24, 2.45) is 5.41 Å². The summed E-state index contributed by atoms with van der Waals surface area (Å²) in [4.78, 5) is 26.7. The number of benzene rings is 1. The first-order valence-electron chi connectivity index (χ1n) is 10.3. The number of rotatable bonds is 4. The number of carbonyl (C=O) groups is 1. The number of hydrogen-bond acceptors (Lipinski definition) is 4. The van der Waals surface area contributed by atoms with Crippen LogP contribution in [0.2, 0.25) is 0 Å². The average molecular weight is 399 g/mol. The van der Waals surface area contributed by atoms with Gasteiger partial charge in [-0.2, -0.15) is 0 Å². The Balaban J connectivity index is 1.78. The first kappa shape index (κ1) is 18.6. The fraction of sp³-hybridized carbons (Fsp3) is 0.545. The third-order valence-electron chi connectivity index (χ3n) is 7.23. The van der Waals surface area contributed by atoms with Gasteiger partial charge in [-0.05, 0) is 52.1 Å². The molecule has 1 aromatic carbocycles. The first-order valence-corrected chi connectivity index (χ1v) is 10.3. The minimum Gasteiger partial charge on any atom is -0.477 e. The van der Waals surface area contributed by atoms with Crippen LogP contribution in [0.15, 0.2) is 11.0 Å². The molecular weight excluding hydrogens is 373 g/mol. The molecule has 0 radical (unpaired) electrons. The highest BCUT2D eigenvalue weighted by molar-refractivity contribution is 5.97. The first-order chi connectivity index (χ1) is 13.8. The van der Waals surface area contributed by atoms with E-state index in [0.717, 1.165) is 44.3 Å². The molecule has 0 bridgehead atoms. The van der Waals surface area contributed by atoms with E-state index >= 15 is 4.39 Å². The largest absolute Gasteiger partial charge is 0.477 e. The second-order valence-electron chi connectivity index (χ2n) is 9.04. The van der Waals surface area contributed by atoms with Crippen molar-refractivity contribution in [3.8, 4) is 0 Å². The van der Waals surface area contributed by atoms with Crippen LogP contribution < -0.4 is 15.6 Å². The van der Waals surface area contributed by atoms with Crippen molar-refractivity contribution in [1.82, 2.24) is 9.88 Å². The van der Waals surface area contributed by atoms with E-state index in [1.54, 1.807) is 6.92 Å². The number of fused-ring (bicyclic) bond motifs is 1. The monoisotopic (exact) mass is 399 g/mol. The minimum absolute atomic E-state index is 0.172. The predicted molar refractivity (Wildman–Crippen MR) is 110 cm³/mol. The third kappa shape index (κ3) is 2.56. The van der Waals surface area contributed by atoms with E-state index in [1.165, 1.54) is 6.20 Å². The standard InChI is InChI=1S/C22H26FN3O3/c1-11-16-18(26(13-4-5-13)8-14(20(16)27)21(28)29)12(2)19(17(11)23)25-9-15(24-3)22(10-25)6-7-22/h8,13,15,24H,4-7,9-10H2,1-3H3,(H,28,29)/t15-/m1/s1. The van der Waals surface area contributed by atoms with Crippen molar-refractivity contribution in [1.29, 1.82) is 0 Å². The molecule has 29 heavy (non-hydrogen) atoms. The van der Waals surface area contributed by atoms with E-state index in [9.17, 15) is 14.7 Å². The number of hydrogen-bond donors (Lipinski definition) is 2. The zero-order valence-electron chi connectivity index (χ0n) is 17.0. The van der Waals surface area contributed by atoms with Gasteiger partial charge in [-0.3, -0.25) is 4.79 Å². The number of aromatic carboxylic acids is 1. The van der Waals surface area contributed by atoms with Crippen molar-refractivity contribution >= 4 is 22.6 Å². The summed E-state index contributed by atoms with van der Waals surface area (Å²) in [5.41, 5.74) is 1.58. The fourth-order valence-corrected chi connectivity index (χ4v) is 5.30. The lowest BCUT2D eigenvalue weighted by molar-refractivity contribution is 0.0695. The molecule has 0 unspecified atom stereocenters. The summed E-state index contributed by atoms with van der Waals surface area (Å²) in [5, 5.41) is 13.1. The van der Waals surface area contributed by atoms with E-state index in [0.29, 0.717) is 17.2 Å². The molecule has 2 aromatic rings. The number of carboxylic acid groups (broad SMARTS) is 1. The molecule has 3 aliphatic rings. The van der Waals surface area contributed by atoms with Crippen LogP contribution in [0.3, 0.4) is 0 Å². The summed E-state index contributed by atoms with van der Waals surface area (Å²) in [7, 11) is 1.96. The molecule has 1 atom stereocenters. The van der Waals surface area contributed by atoms with Gasteiger partial charge in [-0.25, -0.2) is 9.18 Å². The molecule has 154 valence electrons. The number of nitrogens with one attached hydrogen (secondary N) is 1. The Morgan fingerprint density at radius 3 is 2.48 bits per heavy atom. The zero-order valence-corrected chi connectivity index (χ0v) is 17.0. The maximum Gasteiger partial charge on any atom is 0.341 e. The molecule has 2 heterocycles. The quantitative estimate of drug-likeness (QED) is 0.827. The van der Waals surface area contributed by atoms with Gasteiger partial charge in [0, 0.05) is 42.3 Å². The number of nitrogens with zero attached hydrogens (tertiary/aromatic N) is 2. The molecule has 6 nitrogen and oxygen atoms in total. The Labute approximate surface area is 168 Å². The SMILES string of the molecule is CN[C@@H]1CN(c2c(F)c(C)c3c(=O)c(C(=O)O)cn(C4CC4)c3c2C)CC12CC2. The van der Waals surface area contributed by atoms with Gasteiger partial charge in [0.05, 0.1) is 16.6 Å². The van der Waals surface area contributed by atoms with Gasteiger partial charge in [0.1, 0.15) is 5.56 Å². The lowest BCUT2D eigenvalue weighted by Gasteiger charge is -2.26. The molecule has 1 aliphatic heterocycles. The molecule has 1 saturated heterocycles. The number of pyridine rings is 1. The molecule has 2 N–H and O–H groups in total. The highest BCUT2D eigenvalue weighted by Gasteiger charge is 2.55. The third-order valence-corrected chi connectivity index (χ3v) is 7.23. The Hall–Kier alpha value is -2.41. The van der Waals surface area contributed by atoms with Crippen LogP contribution in [0.25, 0.3) is 10.9 Å². The Morgan fingerprint density at radius 1 is 1.28 bits per heavy atom. The van der Waals surface area contributed by atoms with E-state index in [2.05, 4.69) is 10.2 Å². The average Bonchev–Trinajstić information content (AvgIpc) is 3.58. The zero-order chi connectivity index (χ0) is 20.7. The van der Waals surface area contributed by atoms with Crippen molar-refractivity contribution in [2.45, 2.75) is 51.6 Å². The topological polar surface area (TPSA) is 74.6 Å². The van der Waals surface area contributed by atoms with Crippen LogP contribution >= 0.6 is 0 Å². The summed E-state index contributed by atoms with van der Waals surface area (Å²) in [5.74, 6) is -1.66. The van der Waals surface area contributed by atoms with Crippen molar-refractivity contribution in [3.63, 3.8) is 0 Å². The number of likely N-dealkylation sites (N-methyl/N-ethyl adjacent to an activating group) is 1. The van der Waals surface area contributed by atoms with Crippen LogP contribution in [0.5, 0.6) is 0 Å². The lowest BCUT2D eigenvalue weighted by atomic mass is 9.99. The number of anilines is 1. The second-order valence-corrected chi connectivity index (χ2v) is 9.04. The van der Waals surface area contributed by atoms with Crippen LogP contribution in [-0.2, 0) is 0 Å². The number of carboxylic acids is 1. The molecule has 2 saturated carbocycles. The van der Waals surface area contributed by atoms with Gasteiger partial charge >= 0.3 is 5.97 Å². The smallest absolute Gasteiger partial charge is 0.341 e. The molecule has 1 aromatic heterocycles.